The van der Waals surface area contributed by atoms with Crippen molar-refractivity contribution in [3.8, 4) is 0 Å². The van der Waals surface area contributed by atoms with Crippen LogP contribution in [0.25, 0.3) is 0 Å². The number of aliphatic hydroxyl groups excluding tert-OH is 1. The minimum atomic E-state index is -0.243. The van der Waals surface area contributed by atoms with Crippen LogP contribution in [0.2, 0.25) is 5.02 Å². The maximum absolute atomic E-state index is 10.0. The van der Waals surface area contributed by atoms with E-state index in [2.05, 4.69) is 4.98 Å². The highest BCUT2D eigenvalue weighted by Crippen LogP contribution is 2.30. The molecule has 0 aromatic carbocycles. The summed E-state index contributed by atoms with van der Waals surface area (Å²) in [6.07, 6.45) is 8.60. The maximum atomic E-state index is 10.0. The molecular formula is C12H16ClNO. The van der Waals surface area contributed by atoms with E-state index in [1.54, 1.807) is 12.4 Å². The third kappa shape index (κ3) is 2.70. The Bertz CT molecular complexity index is 323. The third-order valence-electron chi connectivity index (χ3n) is 3.23. The predicted octanol–water partition coefficient (Wildman–Crippen LogP) is 2.83. The van der Waals surface area contributed by atoms with Gasteiger partial charge >= 0.3 is 0 Å². The zero-order valence-electron chi connectivity index (χ0n) is 8.69. The summed E-state index contributed by atoms with van der Waals surface area (Å²) in [7, 11) is 0. The molecule has 0 saturated heterocycles. The highest BCUT2D eigenvalue weighted by molar-refractivity contribution is 6.31. The Morgan fingerprint density at radius 1 is 1.47 bits per heavy atom. The summed E-state index contributed by atoms with van der Waals surface area (Å²) in [5, 5.41) is 10.7. The van der Waals surface area contributed by atoms with Gasteiger partial charge in [-0.05, 0) is 30.4 Å². The summed E-state index contributed by atoms with van der Waals surface area (Å²) in [5.74, 6) is 0.467. The number of aliphatic hydroxyl groups is 1. The van der Waals surface area contributed by atoms with Crippen molar-refractivity contribution in [2.24, 2.45) is 5.92 Å². The molecule has 1 N–H and O–H groups in total. The Kier molecular flexibility index (Phi) is 3.60. The molecule has 1 aliphatic carbocycles. The van der Waals surface area contributed by atoms with E-state index in [4.69, 9.17) is 11.6 Å². The van der Waals surface area contributed by atoms with Gasteiger partial charge in [0.1, 0.15) is 0 Å². The predicted molar refractivity (Wildman–Crippen MR) is 60.9 cm³/mol. The number of aromatic nitrogens is 1. The van der Waals surface area contributed by atoms with Crippen LogP contribution in [0.3, 0.4) is 0 Å². The molecule has 0 bridgehead atoms. The van der Waals surface area contributed by atoms with Crippen LogP contribution in [0.4, 0.5) is 0 Å². The van der Waals surface area contributed by atoms with Gasteiger partial charge < -0.3 is 5.11 Å². The van der Waals surface area contributed by atoms with Crippen molar-refractivity contribution in [3.63, 3.8) is 0 Å². The summed E-state index contributed by atoms with van der Waals surface area (Å²) in [4.78, 5) is 3.94. The SMILES string of the molecule is OC(Cc1ccncc1Cl)C1CCCC1. The first kappa shape index (κ1) is 10.9. The van der Waals surface area contributed by atoms with E-state index in [0.29, 0.717) is 17.4 Å². The lowest BCUT2D eigenvalue weighted by Gasteiger charge is -2.17. The van der Waals surface area contributed by atoms with Gasteiger partial charge in [-0.2, -0.15) is 0 Å². The van der Waals surface area contributed by atoms with E-state index in [1.165, 1.54) is 12.8 Å². The van der Waals surface area contributed by atoms with Crippen molar-refractivity contribution in [3.05, 3.63) is 29.0 Å². The van der Waals surface area contributed by atoms with E-state index in [9.17, 15) is 5.11 Å². The second kappa shape index (κ2) is 4.95. The number of hydrogen-bond acceptors (Lipinski definition) is 2. The normalized spacial score (nSPS) is 19.3. The first-order chi connectivity index (χ1) is 7.27. The molecule has 1 aromatic heterocycles. The molecule has 1 aliphatic rings. The van der Waals surface area contributed by atoms with Gasteiger partial charge in [-0.15, -0.1) is 0 Å². The summed E-state index contributed by atoms with van der Waals surface area (Å²) in [6.45, 7) is 0. The van der Waals surface area contributed by atoms with Crippen molar-refractivity contribution >= 4 is 11.6 Å². The first-order valence-electron chi connectivity index (χ1n) is 5.54. The van der Waals surface area contributed by atoms with Gasteiger partial charge in [-0.1, -0.05) is 24.4 Å². The first-order valence-corrected chi connectivity index (χ1v) is 5.91. The number of rotatable bonds is 3. The van der Waals surface area contributed by atoms with Crippen LogP contribution in [-0.2, 0) is 6.42 Å². The zero-order valence-corrected chi connectivity index (χ0v) is 9.45. The molecule has 1 heterocycles. The molecule has 2 nitrogen and oxygen atoms in total. The molecule has 1 unspecified atom stereocenters. The van der Waals surface area contributed by atoms with Gasteiger partial charge in [0.05, 0.1) is 11.1 Å². The van der Waals surface area contributed by atoms with Crippen molar-refractivity contribution in [1.29, 1.82) is 0 Å². The van der Waals surface area contributed by atoms with Gasteiger partial charge in [0.2, 0.25) is 0 Å². The lowest BCUT2D eigenvalue weighted by molar-refractivity contribution is 0.111. The molecular weight excluding hydrogens is 210 g/mol. The van der Waals surface area contributed by atoms with Gasteiger partial charge in [-0.25, -0.2) is 0 Å². The zero-order chi connectivity index (χ0) is 10.7. The fourth-order valence-corrected chi connectivity index (χ4v) is 2.50. The summed E-state index contributed by atoms with van der Waals surface area (Å²) >= 11 is 6.00. The number of nitrogens with zero attached hydrogens (tertiary/aromatic N) is 1. The van der Waals surface area contributed by atoms with Crippen LogP contribution in [0.15, 0.2) is 18.5 Å². The standard InChI is InChI=1S/C12H16ClNO/c13-11-8-14-6-5-10(11)7-12(15)9-3-1-2-4-9/h5-6,8-9,12,15H,1-4,7H2. The van der Waals surface area contributed by atoms with Crippen LogP contribution in [0, 0.1) is 5.92 Å². The minimum Gasteiger partial charge on any atom is -0.392 e. The lowest BCUT2D eigenvalue weighted by atomic mass is 9.95. The quantitative estimate of drug-likeness (QED) is 0.858. The van der Waals surface area contributed by atoms with Gasteiger partial charge in [0.15, 0.2) is 0 Å². The van der Waals surface area contributed by atoms with Crippen molar-refractivity contribution < 1.29 is 5.11 Å². The topological polar surface area (TPSA) is 33.1 Å². The largest absolute Gasteiger partial charge is 0.392 e. The Hall–Kier alpha value is -0.600. The van der Waals surface area contributed by atoms with Crippen molar-refractivity contribution in [2.45, 2.75) is 38.2 Å². The Morgan fingerprint density at radius 2 is 2.20 bits per heavy atom. The fraction of sp³-hybridized carbons (Fsp3) is 0.583. The van der Waals surface area contributed by atoms with E-state index in [0.717, 1.165) is 18.4 Å². The third-order valence-corrected chi connectivity index (χ3v) is 3.57. The molecule has 2 rings (SSSR count). The number of pyridine rings is 1. The lowest BCUT2D eigenvalue weighted by Crippen LogP contribution is -2.20. The average Bonchev–Trinajstić information content (AvgIpc) is 2.74. The molecule has 15 heavy (non-hydrogen) atoms. The molecule has 0 amide bonds. The van der Waals surface area contributed by atoms with Gasteiger partial charge in [0, 0.05) is 18.8 Å². The molecule has 1 atom stereocenters. The Labute approximate surface area is 95.3 Å². The Balaban J connectivity index is 1.99. The molecule has 1 saturated carbocycles. The van der Waals surface area contributed by atoms with Crippen LogP contribution in [-0.4, -0.2) is 16.2 Å². The van der Waals surface area contributed by atoms with Gasteiger partial charge in [-0.3, -0.25) is 4.98 Å². The molecule has 1 aromatic rings. The molecule has 3 heteroatoms. The minimum absolute atomic E-state index is 0.243. The van der Waals surface area contributed by atoms with E-state index >= 15 is 0 Å². The van der Waals surface area contributed by atoms with Crippen LogP contribution in [0.1, 0.15) is 31.2 Å². The van der Waals surface area contributed by atoms with Crippen molar-refractivity contribution in [2.75, 3.05) is 0 Å². The second-order valence-corrected chi connectivity index (χ2v) is 4.69. The van der Waals surface area contributed by atoms with Crippen LogP contribution < -0.4 is 0 Å². The maximum Gasteiger partial charge on any atom is 0.0622 e. The molecule has 0 spiro atoms. The average molecular weight is 226 g/mol. The second-order valence-electron chi connectivity index (χ2n) is 4.28. The Morgan fingerprint density at radius 3 is 2.87 bits per heavy atom. The molecule has 0 radical (unpaired) electrons. The smallest absolute Gasteiger partial charge is 0.0622 e. The van der Waals surface area contributed by atoms with Crippen LogP contribution in [0.5, 0.6) is 0 Å². The fourth-order valence-electron chi connectivity index (χ4n) is 2.30. The van der Waals surface area contributed by atoms with Crippen LogP contribution >= 0.6 is 11.6 Å². The van der Waals surface area contributed by atoms with Gasteiger partial charge in [0.25, 0.3) is 0 Å². The monoisotopic (exact) mass is 225 g/mol. The van der Waals surface area contributed by atoms with Crippen molar-refractivity contribution in [1.82, 2.24) is 4.98 Å². The van der Waals surface area contributed by atoms with E-state index < -0.39 is 0 Å². The van der Waals surface area contributed by atoms with E-state index in [-0.39, 0.29) is 6.10 Å². The highest BCUT2D eigenvalue weighted by Gasteiger charge is 2.23. The molecule has 82 valence electrons. The summed E-state index contributed by atoms with van der Waals surface area (Å²) < 4.78 is 0. The highest BCUT2D eigenvalue weighted by atomic mass is 35.5. The summed E-state index contributed by atoms with van der Waals surface area (Å²) in [6, 6.07) is 1.89. The molecule has 0 aliphatic heterocycles. The summed E-state index contributed by atoms with van der Waals surface area (Å²) in [5.41, 5.74) is 1.01. The number of hydrogen-bond donors (Lipinski definition) is 1. The number of halogens is 1. The molecule has 1 fully saturated rings. The van der Waals surface area contributed by atoms with E-state index in [1.807, 2.05) is 6.07 Å².